The lowest BCUT2D eigenvalue weighted by Gasteiger charge is -2.34. The second-order valence-electron chi connectivity index (χ2n) is 7.17. The summed E-state index contributed by atoms with van der Waals surface area (Å²) in [5.74, 6) is 0. The third-order valence-corrected chi connectivity index (χ3v) is 4.86. The van der Waals surface area contributed by atoms with Gasteiger partial charge in [-0.25, -0.2) is 0 Å². The largest absolute Gasteiger partial charge is 0.343 e. The summed E-state index contributed by atoms with van der Waals surface area (Å²) in [4.78, 5) is 4.45. The molecule has 0 saturated heterocycles. The summed E-state index contributed by atoms with van der Waals surface area (Å²) in [5, 5.41) is 0. The zero-order valence-corrected chi connectivity index (χ0v) is 16.3. The van der Waals surface area contributed by atoms with Gasteiger partial charge in [0.2, 0.25) is 6.35 Å². The molecule has 0 spiro atoms. The van der Waals surface area contributed by atoms with Gasteiger partial charge in [-0.1, -0.05) is 35.4 Å². The number of nitrogens with zero attached hydrogens (tertiary/aromatic N) is 2. The highest BCUT2D eigenvalue weighted by Gasteiger charge is 2.31. The molecule has 25 heavy (non-hydrogen) atoms. The topological polar surface area (TPSA) is 15.7 Å². The molecule has 0 aromatic heterocycles. The van der Waals surface area contributed by atoms with Gasteiger partial charge in [0.25, 0.3) is 0 Å². The van der Waals surface area contributed by atoms with Crippen LogP contribution in [0.15, 0.2) is 36.7 Å². The highest BCUT2D eigenvalue weighted by molar-refractivity contribution is 5.70. The Hall–Kier alpha value is -2.26. The van der Waals surface area contributed by atoms with E-state index >= 15 is 0 Å². The van der Waals surface area contributed by atoms with Crippen LogP contribution >= 0.6 is 0 Å². The molecule has 0 fully saturated rings. The molecule has 3 heteroatoms. The molecule has 0 saturated carbocycles. The minimum atomic E-state index is -0.180. The Bertz CT molecular complexity index is 724. The molecule has 1 aliphatic heterocycles. The van der Waals surface area contributed by atoms with E-state index in [0.717, 1.165) is 0 Å². The van der Waals surface area contributed by atoms with Gasteiger partial charge in [0.05, 0.1) is 11.4 Å². The van der Waals surface area contributed by atoms with Crippen molar-refractivity contribution >= 4 is 11.4 Å². The number of rotatable bonds is 3. The number of ether oxygens (including phenoxy) is 1. The van der Waals surface area contributed by atoms with Gasteiger partial charge in [-0.05, 0) is 63.8 Å². The van der Waals surface area contributed by atoms with Crippen LogP contribution in [-0.2, 0) is 4.74 Å². The van der Waals surface area contributed by atoms with Crippen LogP contribution in [0.3, 0.4) is 0 Å². The Morgan fingerprint density at radius 1 is 0.640 bits per heavy atom. The minimum absolute atomic E-state index is 0.180. The number of methoxy groups -OCH3 is 1. The first kappa shape index (κ1) is 17.6. The fourth-order valence-corrected chi connectivity index (χ4v) is 4.18. The van der Waals surface area contributed by atoms with Gasteiger partial charge in [-0.3, -0.25) is 0 Å². The number of aryl methyl sites for hydroxylation is 6. The summed E-state index contributed by atoms with van der Waals surface area (Å²) >= 11 is 0. The molecule has 0 unspecified atom stereocenters. The Labute approximate surface area is 151 Å². The number of anilines is 2. The van der Waals surface area contributed by atoms with E-state index in [-0.39, 0.29) is 6.35 Å². The van der Waals surface area contributed by atoms with Crippen LogP contribution in [0.5, 0.6) is 0 Å². The lowest BCUT2D eigenvalue weighted by Crippen LogP contribution is -2.41. The number of hydrogen-bond acceptors (Lipinski definition) is 3. The minimum Gasteiger partial charge on any atom is -0.343 e. The van der Waals surface area contributed by atoms with E-state index in [0.29, 0.717) is 0 Å². The van der Waals surface area contributed by atoms with E-state index in [4.69, 9.17) is 4.74 Å². The summed E-state index contributed by atoms with van der Waals surface area (Å²) in [7, 11) is 1.77. The van der Waals surface area contributed by atoms with Crippen LogP contribution in [-0.4, -0.2) is 13.5 Å². The van der Waals surface area contributed by atoms with Crippen LogP contribution in [0, 0.1) is 41.5 Å². The van der Waals surface area contributed by atoms with E-state index in [9.17, 15) is 0 Å². The number of benzene rings is 2. The third-order valence-electron chi connectivity index (χ3n) is 4.86. The van der Waals surface area contributed by atoms with E-state index < -0.39 is 0 Å². The molecule has 2 aromatic rings. The fraction of sp³-hybridized carbons (Fsp3) is 0.364. The molecular weight excluding hydrogens is 308 g/mol. The van der Waals surface area contributed by atoms with Gasteiger partial charge in [-0.15, -0.1) is 0 Å². The molecule has 0 bridgehead atoms. The van der Waals surface area contributed by atoms with Crippen molar-refractivity contribution in [2.75, 3.05) is 16.9 Å². The quantitative estimate of drug-likeness (QED) is 0.760. The number of hydrogen-bond donors (Lipinski definition) is 0. The van der Waals surface area contributed by atoms with Crippen LogP contribution in [0.25, 0.3) is 0 Å². The molecule has 3 nitrogen and oxygen atoms in total. The SMILES string of the molecule is COC1N(c2c(C)cc(C)cc2C)C=CN1c1c(C)cc(C)cc1C. The standard InChI is InChI=1S/C22H28N2O/c1-14-10-16(3)20(17(4)11-14)23-8-9-24(22(23)25-7)21-18(5)12-15(2)13-19(21)6/h8-13,22H,1-7H3. The monoisotopic (exact) mass is 336 g/mol. The lowest BCUT2D eigenvalue weighted by atomic mass is 10.0. The molecule has 2 aromatic carbocycles. The molecule has 1 aliphatic rings. The van der Waals surface area contributed by atoms with Gasteiger partial charge in [0, 0.05) is 19.5 Å². The maximum absolute atomic E-state index is 5.92. The van der Waals surface area contributed by atoms with E-state index in [2.05, 4.69) is 88.0 Å². The van der Waals surface area contributed by atoms with Crippen molar-refractivity contribution in [3.63, 3.8) is 0 Å². The van der Waals surface area contributed by atoms with Gasteiger partial charge < -0.3 is 14.5 Å². The molecule has 0 radical (unpaired) electrons. The fourth-order valence-electron chi connectivity index (χ4n) is 4.18. The van der Waals surface area contributed by atoms with E-state index in [1.54, 1.807) is 7.11 Å². The predicted octanol–water partition coefficient (Wildman–Crippen LogP) is 5.26. The molecule has 1 heterocycles. The van der Waals surface area contributed by atoms with Crippen molar-refractivity contribution < 1.29 is 4.74 Å². The lowest BCUT2D eigenvalue weighted by molar-refractivity contribution is 0.116. The highest BCUT2D eigenvalue weighted by atomic mass is 16.5. The molecule has 3 rings (SSSR count). The predicted molar refractivity (Wildman–Crippen MR) is 106 cm³/mol. The van der Waals surface area contributed by atoms with Crippen LogP contribution in [0.1, 0.15) is 33.4 Å². The zero-order valence-electron chi connectivity index (χ0n) is 16.3. The summed E-state index contributed by atoms with van der Waals surface area (Å²) in [6.45, 7) is 13.0. The van der Waals surface area contributed by atoms with E-state index in [1.165, 1.54) is 44.8 Å². The van der Waals surface area contributed by atoms with Gasteiger partial charge >= 0.3 is 0 Å². The van der Waals surface area contributed by atoms with Crippen molar-refractivity contribution in [2.24, 2.45) is 0 Å². The zero-order chi connectivity index (χ0) is 18.3. The van der Waals surface area contributed by atoms with Gasteiger partial charge in [-0.2, -0.15) is 0 Å². The second-order valence-corrected chi connectivity index (χ2v) is 7.17. The van der Waals surface area contributed by atoms with E-state index in [1.807, 2.05) is 0 Å². The van der Waals surface area contributed by atoms with Crippen molar-refractivity contribution in [1.82, 2.24) is 0 Å². The Balaban J connectivity index is 2.05. The molecule has 132 valence electrons. The normalized spacial score (nSPS) is 14.7. The Morgan fingerprint density at radius 2 is 0.960 bits per heavy atom. The first-order valence-electron chi connectivity index (χ1n) is 8.77. The molecule has 0 aliphatic carbocycles. The van der Waals surface area contributed by atoms with Gasteiger partial charge in [0.1, 0.15) is 0 Å². The molecule has 0 atom stereocenters. The third kappa shape index (κ3) is 3.05. The first-order chi connectivity index (χ1) is 11.8. The smallest absolute Gasteiger partial charge is 0.218 e. The Kier molecular flexibility index (Phi) is 4.61. The maximum atomic E-state index is 5.92. The second kappa shape index (κ2) is 6.57. The average Bonchev–Trinajstić information content (AvgIpc) is 2.88. The highest BCUT2D eigenvalue weighted by Crippen LogP contribution is 2.37. The van der Waals surface area contributed by atoms with Crippen LogP contribution in [0.4, 0.5) is 11.4 Å². The summed E-state index contributed by atoms with van der Waals surface area (Å²) in [6, 6.07) is 8.92. The van der Waals surface area contributed by atoms with Crippen LogP contribution in [0.2, 0.25) is 0 Å². The molecule has 0 N–H and O–H groups in total. The van der Waals surface area contributed by atoms with Crippen molar-refractivity contribution in [1.29, 1.82) is 0 Å². The van der Waals surface area contributed by atoms with Crippen LogP contribution < -0.4 is 9.80 Å². The Morgan fingerprint density at radius 3 is 1.24 bits per heavy atom. The summed E-state index contributed by atoms with van der Waals surface area (Å²) < 4.78 is 5.92. The molecule has 0 amide bonds. The van der Waals surface area contributed by atoms with Crippen molar-refractivity contribution in [3.05, 3.63) is 70.0 Å². The summed E-state index contributed by atoms with van der Waals surface area (Å²) in [5.41, 5.74) is 10.1. The summed E-state index contributed by atoms with van der Waals surface area (Å²) in [6.07, 6.45) is 4.06. The maximum Gasteiger partial charge on any atom is 0.218 e. The van der Waals surface area contributed by atoms with Crippen molar-refractivity contribution in [2.45, 2.75) is 47.9 Å². The van der Waals surface area contributed by atoms with Gasteiger partial charge in [0.15, 0.2) is 0 Å². The molecular formula is C22H28N2O. The average molecular weight is 336 g/mol. The first-order valence-corrected chi connectivity index (χ1v) is 8.77. The van der Waals surface area contributed by atoms with Crippen molar-refractivity contribution in [3.8, 4) is 0 Å².